The van der Waals surface area contributed by atoms with Crippen LogP contribution < -0.4 is 5.32 Å². The van der Waals surface area contributed by atoms with E-state index in [1.54, 1.807) is 12.1 Å². The van der Waals surface area contributed by atoms with Crippen molar-refractivity contribution in [1.29, 1.82) is 0 Å². The van der Waals surface area contributed by atoms with Gasteiger partial charge in [-0.1, -0.05) is 12.1 Å². The molecule has 1 aromatic carbocycles. The fraction of sp³-hybridized carbons (Fsp3) is 0.364. The standard InChI is InChI=1S/C11H14FNO3/c1-15-10(7-13-11(14)16-2)8-4-3-5-9(12)6-8/h3-6,10H,7H2,1-2H3,(H,13,14)/t10-/m1/s1. The van der Waals surface area contributed by atoms with Crippen LogP contribution in [0.25, 0.3) is 0 Å². The van der Waals surface area contributed by atoms with Crippen molar-refractivity contribution in [1.82, 2.24) is 5.32 Å². The topological polar surface area (TPSA) is 47.6 Å². The molecule has 0 spiro atoms. The lowest BCUT2D eigenvalue weighted by molar-refractivity contribution is 0.0979. The molecule has 0 fully saturated rings. The minimum absolute atomic E-state index is 0.229. The molecule has 0 aliphatic rings. The molecule has 0 bridgehead atoms. The number of hydrogen-bond donors (Lipinski definition) is 1. The van der Waals surface area contributed by atoms with E-state index in [4.69, 9.17) is 4.74 Å². The van der Waals surface area contributed by atoms with Gasteiger partial charge >= 0.3 is 6.09 Å². The number of ether oxygens (including phenoxy) is 2. The van der Waals surface area contributed by atoms with Crippen molar-refractivity contribution in [2.75, 3.05) is 20.8 Å². The summed E-state index contributed by atoms with van der Waals surface area (Å²) < 4.78 is 22.5. The average molecular weight is 227 g/mol. The van der Waals surface area contributed by atoms with E-state index in [9.17, 15) is 9.18 Å². The van der Waals surface area contributed by atoms with Crippen molar-refractivity contribution in [3.8, 4) is 0 Å². The molecule has 0 radical (unpaired) electrons. The second kappa shape index (κ2) is 6.07. The van der Waals surface area contributed by atoms with Crippen LogP contribution in [0.15, 0.2) is 24.3 Å². The van der Waals surface area contributed by atoms with E-state index in [2.05, 4.69) is 10.1 Å². The number of carbonyl (C=O) groups excluding carboxylic acids is 1. The van der Waals surface area contributed by atoms with Crippen molar-refractivity contribution >= 4 is 6.09 Å². The van der Waals surface area contributed by atoms with Gasteiger partial charge in [-0.2, -0.15) is 0 Å². The van der Waals surface area contributed by atoms with Gasteiger partial charge in [-0.25, -0.2) is 9.18 Å². The molecule has 0 saturated heterocycles. The largest absolute Gasteiger partial charge is 0.453 e. The molecule has 0 aromatic heterocycles. The minimum atomic E-state index is -0.543. The third-order valence-electron chi connectivity index (χ3n) is 2.12. The number of nitrogens with one attached hydrogen (secondary N) is 1. The highest BCUT2D eigenvalue weighted by molar-refractivity contribution is 5.66. The molecule has 5 heteroatoms. The third-order valence-corrected chi connectivity index (χ3v) is 2.12. The Kier molecular flexibility index (Phi) is 4.72. The number of methoxy groups -OCH3 is 2. The molecule has 1 N–H and O–H groups in total. The summed E-state index contributed by atoms with van der Waals surface area (Å²) in [4.78, 5) is 10.9. The van der Waals surface area contributed by atoms with Gasteiger partial charge in [-0.15, -0.1) is 0 Å². The van der Waals surface area contributed by atoms with Crippen LogP contribution in [0.5, 0.6) is 0 Å². The van der Waals surface area contributed by atoms with Crippen LogP contribution in [0.3, 0.4) is 0 Å². The summed E-state index contributed by atoms with van der Waals surface area (Å²) in [5.74, 6) is -0.336. The van der Waals surface area contributed by atoms with Crippen LogP contribution >= 0.6 is 0 Å². The molecule has 88 valence electrons. The molecule has 16 heavy (non-hydrogen) atoms. The van der Waals surface area contributed by atoms with Crippen LogP contribution in [0.1, 0.15) is 11.7 Å². The summed E-state index contributed by atoms with van der Waals surface area (Å²) >= 11 is 0. The minimum Gasteiger partial charge on any atom is -0.453 e. The zero-order valence-electron chi connectivity index (χ0n) is 9.20. The number of carbonyl (C=O) groups is 1. The van der Waals surface area contributed by atoms with Gasteiger partial charge in [0, 0.05) is 7.11 Å². The lowest BCUT2D eigenvalue weighted by atomic mass is 10.1. The van der Waals surface area contributed by atoms with Crippen LogP contribution in [0.4, 0.5) is 9.18 Å². The highest BCUT2D eigenvalue weighted by atomic mass is 19.1. The molecule has 4 nitrogen and oxygen atoms in total. The normalized spacial score (nSPS) is 11.9. The lowest BCUT2D eigenvalue weighted by Gasteiger charge is -2.16. The van der Waals surface area contributed by atoms with E-state index < -0.39 is 12.2 Å². The van der Waals surface area contributed by atoms with Crippen molar-refractivity contribution in [3.63, 3.8) is 0 Å². The molecular weight excluding hydrogens is 213 g/mol. The summed E-state index contributed by atoms with van der Waals surface area (Å²) in [5.41, 5.74) is 0.666. The Bertz CT molecular complexity index is 357. The summed E-state index contributed by atoms with van der Waals surface area (Å²) in [5, 5.41) is 2.49. The Balaban J connectivity index is 2.64. The van der Waals surface area contributed by atoms with E-state index in [-0.39, 0.29) is 12.4 Å². The van der Waals surface area contributed by atoms with Crippen LogP contribution in [0, 0.1) is 5.82 Å². The van der Waals surface area contributed by atoms with Gasteiger partial charge in [0.1, 0.15) is 5.82 Å². The molecule has 1 rings (SSSR count). The number of hydrogen-bond acceptors (Lipinski definition) is 3. The number of alkyl carbamates (subject to hydrolysis) is 1. The van der Waals surface area contributed by atoms with Crippen molar-refractivity contribution in [2.45, 2.75) is 6.10 Å². The third kappa shape index (κ3) is 3.51. The maximum absolute atomic E-state index is 13.0. The van der Waals surface area contributed by atoms with Crippen molar-refractivity contribution in [3.05, 3.63) is 35.6 Å². The molecule has 0 unspecified atom stereocenters. The second-order valence-corrected chi connectivity index (χ2v) is 3.15. The number of halogens is 1. The smallest absolute Gasteiger partial charge is 0.406 e. The summed E-state index contributed by atoms with van der Waals surface area (Å²) in [6.07, 6.45) is -0.937. The van der Waals surface area contributed by atoms with Gasteiger partial charge in [0.2, 0.25) is 0 Å². The average Bonchev–Trinajstić information content (AvgIpc) is 2.29. The van der Waals surface area contributed by atoms with Gasteiger partial charge in [-0.3, -0.25) is 0 Å². The van der Waals surface area contributed by atoms with E-state index in [0.717, 1.165) is 0 Å². The zero-order chi connectivity index (χ0) is 12.0. The molecular formula is C11H14FNO3. The van der Waals surface area contributed by atoms with E-state index in [1.165, 1.54) is 26.4 Å². The maximum Gasteiger partial charge on any atom is 0.406 e. The second-order valence-electron chi connectivity index (χ2n) is 3.15. The first kappa shape index (κ1) is 12.4. The van der Waals surface area contributed by atoms with Crippen molar-refractivity contribution in [2.24, 2.45) is 0 Å². The van der Waals surface area contributed by atoms with E-state index in [0.29, 0.717) is 5.56 Å². The van der Waals surface area contributed by atoms with Crippen LogP contribution in [-0.4, -0.2) is 26.9 Å². The monoisotopic (exact) mass is 227 g/mol. The van der Waals surface area contributed by atoms with Gasteiger partial charge in [-0.05, 0) is 17.7 Å². The van der Waals surface area contributed by atoms with Gasteiger partial charge in [0.15, 0.2) is 0 Å². The van der Waals surface area contributed by atoms with E-state index in [1.807, 2.05) is 0 Å². The Morgan fingerprint density at radius 3 is 2.81 bits per heavy atom. The Morgan fingerprint density at radius 1 is 1.50 bits per heavy atom. The maximum atomic E-state index is 13.0. The van der Waals surface area contributed by atoms with Gasteiger partial charge in [0.25, 0.3) is 0 Å². The first-order valence-corrected chi connectivity index (χ1v) is 4.77. The fourth-order valence-corrected chi connectivity index (χ4v) is 1.29. The lowest BCUT2D eigenvalue weighted by Crippen LogP contribution is -2.28. The quantitative estimate of drug-likeness (QED) is 0.854. The SMILES string of the molecule is COC(=O)NC[C@@H](OC)c1cccc(F)c1. The molecule has 1 amide bonds. The number of benzene rings is 1. The Labute approximate surface area is 93.4 Å². The van der Waals surface area contributed by atoms with Gasteiger partial charge in [0.05, 0.1) is 19.8 Å². The molecule has 0 saturated carbocycles. The van der Waals surface area contributed by atoms with Gasteiger partial charge < -0.3 is 14.8 Å². The molecule has 1 atom stereocenters. The predicted molar refractivity (Wildman–Crippen MR) is 56.6 cm³/mol. The highest BCUT2D eigenvalue weighted by Gasteiger charge is 2.12. The summed E-state index contributed by atoms with van der Waals surface area (Å²) in [6, 6.07) is 6.04. The van der Waals surface area contributed by atoms with Crippen molar-refractivity contribution < 1.29 is 18.7 Å². The molecule has 0 aliphatic carbocycles. The van der Waals surface area contributed by atoms with Crippen LogP contribution in [0.2, 0.25) is 0 Å². The fourth-order valence-electron chi connectivity index (χ4n) is 1.29. The van der Waals surface area contributed by atoms with E-state index >= 15 is 0 Å². The molecule has 0 aliphatic heterocycles. The summed E-state index contributed by atoms with van der Waals surface area (Å²) in [7, 11) is 2.77. The Morgan fingerprint density at radius 2 is 2.25 bits per heavy atom. The number of amides is 1. The Hall–Kier alpha value is -1.62. The van der Waals surface area contributed by atoms with Crippen LogP contribution in [-0.2, 0) is 9.47 Å². The first-order chi connectivity index (χ1) is 7.67. The predicted octanol–water partition coefficient (Wildman–Crippen LogP) is 1.87. The molecule has 1 aromatic rings. The molecule has 0 heterocycles. The first-order valence-electron chi connectivity index (χ1n) is 4.77. The highest BCUT2D eigenvalue weighted by Crippen LogP contribution is 2.16. The summed E-state index contributed by atoms with van der Waals surface area (Å²) in [6.45, 7) is 0.229. The number of rotatable bonds is 4. The zero-order valence-corrected chi connectivity index (χ0v) is 9.20.